The minimum Gasteiger partial charge on any atom is -0.465 e. The van der Waals surface area contributed by atoms with E-state index in [1.807, 2.05) is 0 Å². The highest BCUT2D eigenvalue weighted by molar-refractivity contribution is 5.77. The molecule has 1 fully saturated rings. The van der Waals surface area contributed by atoms with Crippen molar-refractivity contribution in [1.29, 1.82) is 0 Å². The minimum atomic E-state index is -0.00184. The number of carbonyl (C=O) groups excluding carboxylic acids is 1. The molecule has 0 aliphatic heterocycles. The number of carbonyl (C=O) groups is 1. The van der Waals surface area contributed by atoms with Crippen molar-refractivity contribution in [1.82, 2.24) is 0 Å². The zero-order valence-electron chi connectivity index (χ0n) is 10.9. The number of hydrogen-bond donors (Lipinski definition) is 0. The molecule has 2 aliphatic carbocycles. The number of ether oxygens (including phenoxy) is 1. The molecule has 2 rings (SSSR count). The van der Waals surface area contributed by atoms with Crippen molar-refractivity contribution >= 4 is 5.97 Å². The first-order valence-electron chi connectivity index (χ1n) is 7.18. The van der Waals surface area contributed by atoms with E-state index in [2.05, 4.69) is 13.0 Å². The highest BCUT2D eigenvalue weighted by Crippen LogP contribution is 2.39. The van der Waals surface area contributed by atoms with Gasteiger partial charge >= 0.3 is 5.97 Å². The van der Waals surface area contributed by atoms with E-state index in [0.717, 1.165) is 25.2 Å². The second kappa shape index (κ2) is 6.23. The van der Waals surface area contributed by atoms with Crippen LogP contribution in [0.5, 0.6) is 0 Å². The molecule has 0 N–H and O–H groups in total. The van der Waals surface area contributed by atoms with Gasteiger partial charge in [0.05, 0.1) is 12.5 Å². The quantitative estimate of drug-likeness (QED) is 0.411. The van der Waals surface area contributed by atoms with Gasteiger partial charge in [0.2, 0.25) is 0 Å². The Morgan fingerprint density at radius 1 is 1.35 bits per heavy atom. The molecule has 1 saturated carbocycles. The predicted molar refractivity (Wildman–Crippen MR) is 68.6 cm³/mol. The first kappa shape index (κ1) is 12.7. The average molecular weight is 236 g/mol. The van der Waals surface area contributed by atoms with E-state index >= 15 is 0 Å². The lowest BCUT2D eigenvalue weighted by Gasteiger charge is -2.32. The summed E-state index contributed by atoms with van der Waals surface area (Å²) in [6.45, 7) is 2.71. The van der Waals surface area contributed by atoms with Crippen LogP contribution in [0, 0.1) is 11.8 Å². The maximum absolute atomic E-state index is 11.7. The molecule has 2 aliphatic rings. The Labute approximate surface area is 104 Å². The van der Waals surface area contributed by atoms with Crippen LogP contribution in [-0.4, -0.2) is 12.6 Å². The van der Waals surface area contributed by atoms with E-state index in [-0.39, 0.29) is 11.9 Å². The summed E-state index contributed by atoms with van der Waals surface area (Å²) in [5.41, 5.74) is 1.53. The smallest absolute Gasteiger partial charge is 0.313 e. The highest BCUT2D eigenvalue weighted by Gasteiger charge is 2.31. The summed E-state index contributed by atoms with van der Waals surface area (Å²) in [5.74, 6) is 0.852. The Balaban J connectivity index is 1.72. The number of hydrogen-bond acceptors (Lipinski definition) is 2. The molecule has 2 heteroatoms. The third-order valence-corrected chi connectivity index (χ3v) is 4.05. The zero-order valence-corrected chi connectivity index (χ0v) is 10.9. The summed E-state index contributed by atoms with van der Waals surface area (Å²) >= 11 is 0. The Bertz CT molecular complexity index is 287. The Kier molecular flexibility index (Phi) is 4.64. The third-order valence-electron chi connectivity index (χ3n) is 4.05. The summed E-state index contributed by atoms with van der Waals surface area (Å²) < 4.78 is 5.24. The van der Waals surface area contributed by atoms with Gasteiger partial charge in [0.15, 0.2) is 0 Å². The number of unbranched alkanes of at least 4 members (excludes halogenated alkanes) is 1. The molecule has 0 heterocycles. The lowest BCUT2D eigenvalue weighted by Crippen LogP contribution is -2.27. The van der Waals surface area contributed by atoms with E-state index in [1.165, 1.54) is 37.7 Å². The van der Waals surface area contributed by atoms with Gasteiger partial charge in [-0.1, -0.05) is 44.3 Å². The van der Waals surface area contributed by atoms with Gasteiger partial charge in [0.25, 0.3) is 0 Å². The van der Waals surface area contributed by atoms with Crippen LogP contribution in [0.15, 0.2) is 11.6 Å². The molecule has 0 radical (unpaired) electrons. The fourth-order valence-electron chi connectivity index (χ4n) is 2.83. The molecule has 0 saturated heterocycles. The highest BCUT2D eigenvalue weighted by atomic mass is 16.5. The van der Waals surface area contributed by atoms with E-state index in [1.54, 1.807) is 0 Å². The van der Waals surface area contributed by atoms with Crippen LogP contribution < -0.4 is 0 Å². The standard InChI is InChI=1S/C15H24O2/c1-2-3-9-17-15(16)14-10-13(11-14)12-7-5-4-6-8-12/h10,12,14H,2-9,11H2,1H3. The van der Waals surface area contributed by atoms with Gasteiger partial charge in [-0.15, -0.1) is 0 Å². The predicted octanol–water partition coefficient (Wildman–Crippen LogP) is 3.86. The summed E-state index contributed by atoms with van der Waals surface area (Å²) in [6, 6.07) is 0. The second-order valence-electron chi connectivity index (χ2n) is 5.41. The van der Waals surface area contributed by atoms with E-state index in [9.17, 15) is 4.79 Å². The van der Waals surface area contributed by atoms with Crippen LogP contribution >= 0.6 is 0 Å². The maximum atomic E-state index is 11.7. The van der Waals surface area contributed by atoms with Crippen molar-refractivity contribution in [2.24, 2.45) is 11.8 Å². The normalized spacial score (nSPS) is 25.0. The largest absolute Gasteiger partial charge is 0.465 e. The van der Waals surface area contributed by atoms with Gasteiger partial charge in [-0.2, -0.15) is 0 Å². The number of esters is 1. The van der Waals surface area contributed by atoms with Gasteiger partial charge in [0.1, 0.15) is 0 Å². The van der Waals surface area contributed by atoms with Crippen LogP contribution in [0.4, 0.5) is 0 Å². The molecule has 0 spiro atoms. The van der Waals surface area contributed by atoms with Crippen molar-refractivity contribution in [2.45, 2.75) is 58.3 Å². The van der Waals surface area contributed by atoms with E-state index in [4.69, 9.17) is 4.74 Å². The molecule has 17 heavy (non-hydrogen) atoms. The first-order chi connectivity index (χ1) is 8.31. The average Bonchev–Trinajstić information content (AvgIpc) is 2.29. The van der Waals surface area contributed by atoms with Crippen molar-refractivity contribution < 1.29 is 9.53 Å². The molecular weight excluding hydrogens is 212 g/mol. The van der Waals surface area contributed by atoms with Crippen molar-refractivity contribution in [3.05, 3.63) is 11.6 Å². The molecule has 1 atom stereocenters. The van der Waals surface area contributed by atoms with Gasteiger partial charge < -0.3 is 4.74 Å². The van der Waals surface area contributed by atoms with Gasteiger partial charge in [-0.05, 0) is 31.6 Å². The Morgan fingerprint density at radius 2 is 2.06 bits per heavy atom. The maximum Gasteiger partial charge on any atom is 0.313 e. The van der Waals surface area contributed by atoms with Crippen molar-refractivity contribution in [3.8, 4) is 0 Å². The topological polar surface area (TPSA) is 26.3 Å². The summed E-state index contributed by atoms with van der Waals surface area (Å²) in [4.78, 5) is 11.7. The monoisotopic (exact) mass is 236 g/mol. The van der Waals surface area contributed by atoms with Gasteiger partial charge in [-0.3, -0.25) is 4.79 Å². The number of rotatable bonds is 5. The van der Waals surface area contributed by atoms with Crippen LogP contribution in [0.3, 0.4) is 0 Å². The van der Waals surface area contributed by atoms with E-state index in [0.29, 0.717) is 6.61 Å². The second-order valence-corrected chi connectivity index (χ2v) is 5.41. The molecule has 2 nitrogen and oxygen atoms in total. The number of allylic oxidation sites excluding steroid dienone is 1. The van der Waals surface area contributed by atoms with E-state index < -0.39 is 0 Å². The molecule has 0 amide bonds. The molecule has 0 bridgehead atoms. The minimum absolute atomic E-state index is 0.00184. The molecule has 0 aromatic rings. The van der Waals surface area contributed by atoms with Crippen molar-refractivity contribution in [2.75, 3.05) is 6.61 Å². The SMILES string of the molecule is CCCCOC(=O)C1C=C(C2CCCCC2)C1. The summed E-state index contributed by atoms with van der Waals surface area (Å²) in [6.07, 6.45) is 12.0. The molecule has 0 aromatic heterocycles. The molecule has 96 valence electrons. The van der Waals surface area contributed by atoms with Crippen molar-refractivity contribution in [3.63, 3.8) is 0 Å². The first-order valence-corrected chi connectivity index (χ1v) is 7.18. The molecule has 1 unspecified atom stereocenters. The zero-order chi connectivity index (χ0) is 12.1. The van der Waals surface area contributed by atoms with Crippen LogP contribution in [0.2, 0.25) is 0 Å². The fourth-order valence-corrected chi connectivity index (χ4v) is 2.83. The summed E-state index contributed by atoms with van der Waals surface area (Å²) in [5, 5.41) is 0. The Hall–Kier alpha value is -0.790. The lowest BCUT2D eigenvalue weighted by atomic mass is 9.73. The third kappa shape index (κ3) is 3.34. The van der Waals surface area contributed by atoms with Crippen LogP contribution in [0.25, 0.3) is 0 Å². The van der Waals surface area contributed by atoms with Crippen LogP contribution in [0.1, 0.15) is 58.3 Å². The summed E-state index contributed by atoms with van der Waals surface area (Å²) in [7, 11) is 0. The lowest BCUT2D eigenvalue weighted by molar-refractivity contribution is -0.147. The van der Waals surface area contributed by atoms with Gasteiger partial charge in [-0.25, -0.2) is 0 Å². The van der Waals surface area contributed by atoms with Crippen LogP contribution in [-0.2, 0) is 9.53 Å². The molecular formula is C15H24O2. The molecule has 0 aromatic carbocycles. The fraction of sp³-hybridized carbons (Fsp3) is 0.800. The van der Waals surface area contributed by atoms with Gasteiger partial charge in [0, 0.05) is 0 Å². The Morgan fingerprint density at radius 3 is 2.71 bits per heavy atom.